The molecule has 0 aromatic rings. The zero-order chi connectivity index (χ0) is 14.4. The predicted molar refractivity (Wildman–Crippen MR) is 52.2 cm³/mol. The Morgan fingerprint density at radius 2 is 1.72 bits per heavy atom. The fourth-order valence-corrected chi connectivity index (χ4v) is 0.707. The van der Waals surface area contributed by atoms with E-state index in [1.807, 2.05) is 0 Å². The Labute approximate surface area is 101 Å². The van der Waals surface area contributed by atoms with Crippen LogP contribution in [0.4, 0.5) is 22.0 Å². The molecule has 0 fully saturated rings. The van der Waals surface area contributed by atoms with Gasteiger partial charge in [-0.3, -0.25) is 0 Å². The van der Waals surface area contributed by atoms with Gasteiger partial charge < -0.3 is 9.47 Å². The highest BCUT2D eigenvalue weighted by Crippen LogP contribution is 2.35. The van der Waals surface area contributed by atoms with E-state index in [2.05, 4.69) is 9.47 Å². The number of carbonyl (C=O) groups is 1. The molecule has 0 saturated carbocycles. The Balaban J connectivity index is 3.86. The lowest BCUT2D eigenvalue weighted by Gasteiger charge is -2.19. The summed E-state index contributed by atoms with van der Waals surface area (Å²) >= 11 is 0. The first-order valence-electron chi connectivity index (χ1n) is 4.94. The molecule has 0 spiro atoms. The molecule has 0 atom stereocenters. The average Bonchev–Trinajstić information content (AvgIpc) is 2.25. The van der Waals surface area contributed by atoms with Gasteiger partial charge in [0.1, 0.15) is 13.2 Å². The van der Waals surface area contributed by atoms with E-state index in [-0.39, 0.29) is 0 Å². The lowest BCUT2D eigenvalue weighted by atomic mass is 10.3. The molecule has 0 amide bonds. The van der Waals surface area contributed by atoms with E-state index < -0.39 is 37.9 Å². The van der Waals surface area contributed by atoms with E-state index >= 15 is 0 Å². The van der Waals surface area contributed by atoms with Crippen molar-refractivity contribution < 1.29 is 36.2 Å². The second kappa shape index (κ2) is 6.67. The molecule has 0 heterocycles. The van der Waals surface area contributed by atoms with Gasteiger partial charge in [-0.1, -0.05) is 6.08 Å². The van der Waals surface area contributed by atoms with Gasteiger partial charge in [0.15, 0.2) is 0 Å². The molecule has 0 aliphatic carbocycles. The van der Waals surface area contributed by atoms with Crippen molar-refractivity contribution in [1.82, 2.24) is 0 Å². The molecule has 0 bridgehead atoms. The maximum Gasteiger partial charge on any atom is 0.455 e. The monoisotopic (exact) mass is 276 g/mol. The predicted octanol–water partition coefficient (Wildman–Crippen LogP) is 2.71. The summed E-state index contributed by atoms with van der Waals surface area (Å²) in [6.45, 7) is 0.348. The first kappa shape index (κ1) is 16.8. The topological polar surface area (TPSA) is 35.5 Å². The van der Waals surface area contributed by atoms with Gasteiger partial charge in [-0.15, -0.1) is 0 Å². The third kappa shape index (κ3) is 5.44. The lowest BCUT2D eigenvalue weighted by Crippen LogP contribution is -2.41. The maximum atomic E-state index is 12.3. The molecule has 0 aromatic carbocycles. The molecule has 0 aromatic heterocycles. The molecule has 3 nitrogen and oxygen atoms in total. The van der Waals surface area contributed by atoms with Crippen molar-refractivity contribution in [3.63, 3.8) is 0 Å². The Bertz CT molecular complexity index is 309. The summed E-state index contributed by atoms with van der Waals surface area (Å²) in [5, 5.41) is 0. The van der Waals surface area contributed by atoms with Crippen LogP contribution in [-0.4, -0.2) is 37.9 Å². The van der Waals surface area contributed by atoms with Gasteiger partial charge >= 0.3 is 18.1 Å². The summed E-state index contributed by atoms with van der Waals surface area (Å²) in [5.41, 5.74) is 0.302. The van der Waals surface area contributed by atoms with Crippen LogP contribution in [0.15, 0.2) is 11.6 Å². The second-order valence-electron chi connectivity index (χ2n) is 3.36. The minimum atomic E-state index is -5.65. The Kier molecular flexibility index (Phi) is 6.23. The number of carbonyl (C=O) groups excluding carboxylic acids is 1. The van der Waals surface area contributed by atoms with Gasteiger partial charge in [0.25, 0.3) is 0 Å². The number of hydrogen-bond acceptors (Lipinski definition) is 3. The van der Waals surface area contributed by atoms with E-state index in [1.165, 1.54) is 13.0 Å². The van der Waals surface area contributed by atoms with E-state index in [0.29, 0.717) is 5.57 Å². The molecule has 0 aliphatic heterocycles. The third-order valence-electron chi connectivity index (χ3n) is 1.91. The van der Waals surface area contributed by atoms with E-state index in [1.54, 1.807) is 6.92 Å². The van der Waals surface area contributed by atoms with Crippen molar-refractivity contribution in [2.75, 3.05) is 19.8 Å². The van der Waals surface area contributed by atoms with Crippen molar-refractivity contribution in [2.24, 2.45) is 0 Å². The van der Waals surface area contributed by atoms with Crippen molar-refractivity contribution >= 4 is 5.97 Å². The largest absolute Gasteiger partial charge is 0.460 e. The van der Waals surface area contributed by atoms with Crippen LogP contribution in [0, 0.1) is 0 Å². The summed E-state index contributed by atoms with van der Waals surface area (Å²) in [7, 11) is 0. The van der Waals surface area contributed by atoms with Gasteiger partial charge in [0.2, 0.25) is 0 Å². The Hall–Kier alpha value is -1.18. The highest BCUT2D eigenvalue weighted by Gasteiger charge is 2.57. The standard InChI is InChI=1S/C10H13F5O3/c1-3-7(2)8(16)18-5-4-17-6-9(11,12)10(13,14)15/h3H,4-6H2,1-2H3. The third-order valence-corrected chi connectivity index (χ3v) is 1.91. The molecule has 0 saturated heterocycles. The van der Waals surface area contributed by atoms with Crippen molar-refractivity contribution in [1.29, 1.82) is 0 Å². The SMILES string of the molecule is CC=C(C)C(=O)OCCOCC(F)(F)C(F)(F)F. The number of rotatable bonds is 6. The number of ether oxygens (including phenoxy) is 2. The van der Waals surface area contributed by atoms with Crippen LogP contribution < -0.4 is 0 Å². The first-order chi connectivity index (χ1) is 8.12. The highest BCUT2D eigenvalue weighted by atomic mass is 19.4. The van der Waals surface area contributed by atoms with Crippen LogP contribution in [0.3, 0.4) is 0 Å². The second-order valence-corrected chi connectivity index (χ2v) is 3.36. The maximum absolute atomic E-state index is 12.3. The summed E-state index contributed by atoms with van der Waals surface area (Å²) in [6, 6.07) is 0. The molecule has 106 valence electrons. The average molecular weight is 276 g/mol. The number of alkyl halides is 5. The smallest absolute Gasteiger partial charge is 0.455 e. The Morgan fingerprint density at radius 3 is 2.17 bits per heavy atom. The van der Waals surface area contributed by atoms with Gasteiger partial charge in [-0.05, 0) is 13.8 Å². The van der Waals surface area contributed by atoms with Gasteiger partial charge in [0, 0.05) is 5.57 Å². The minimum Gasteiger partial charge on any atom is -0.460 e. The van der Waals surface area contributed by atoms with Crippen molar-refractivity contribution in [3.05, 3.63) is 11.6 Å². The molecular weight excluding hydrogens is 263 g/mol. The van der Waals surface area contributed by atoms with Gasteiger partial charge in [-0.2, -0.15) is 22.0 Å². The van der Waals surface area contributed by atoms with E-state index in [0.717, 1.165) is 0 Å². The van der Waals surface area contributed by atoms with Gasteiger partial charge in [-0.25, -0.2) is 4.79 Å². The molecule has 0 radical (unpaired) electrons. The lowest BCUT2D eigenvalue weighted by molar-refractivity contribution is -0.297. The van der Waals surface area contributed by atoms with Crippen LogP contribution in [0.1, 0.15) is 13.8 Å². The highest BCUT2D eigenvalue weighted by molar-refractivity contribution is 5.87. The number of esters is 1. The fourth-order valence-electron chi connectivity index (χ4n) is 0.707. The van der Waals surface area contributed by atoms with E-state index in [9.17, 15) is 26.7 Å². The van der Waals surface area contributed by atoms with Crippen molar-refractivity contribution in [2.45, 2.75) is 25.9 Å². The summed E-state index contributed by atoms with van der Waals surface area (Å²) < 4.78 is 68.4. The quantitative estimate of drug-likeness (QED) is 0.324. The summed E-state index contributed by atoms with van der Waals surface area (Å²) in [4.78, 5) is 11.0. The van der Waals surface area contributed by atoms with Crippen LogP contribution in [-0.2, 0) is 14.3 Å². The number of hydrogen-bond donors (Lipinski definition) is 0. The number of allylic oxidation sites excluding steroid dienone is 1. The Morgan fingerprint density at radius 1 is 1.17 bits per heavy atom. The van der Waals surface area contributed by atoms with E-state index in [4.69, 9.17) is 0 Å². The van der Waals surface area contributed by atoms with Crippen LogP contribution in [0.25, 0.3) is 0 Å². The van der Waals surface area contributed by atoms with Gasteiger partial charge in [0.05, 0.1) is 6.61 Å². The zero-order valence-corrected chi connectivity index (χ0v) is 9.81. The summed E-state index contributed by atoms with van der Waals surface area (Å²) in [5.74, 6) is -5.58. The minimum absolute atomic E-state index is 0.302. The zero-order valence-electron chi connectivity index (χ0n) is 9.81. The number of halogens is 5. The molecular formula is C10H13F5O3. The first-order valence-corrected chi connectivity index (χ1v) is 4.94. The molecule has 18 heavy (non-hydrogen) atoms. The van der Waals surface area contributed by atoms with Crippen LogP contribution in [0.5, 0.6) is 0 Å². The molecule has 0 N–H and O–H groups in total. The van der Waals surface area contributed by atoms with Crippen LogP contribution in [0.2, 0.25) is 0 Å². The van der Waals surface area contributed by atoms with Crippen molar-refractivity contribution in [3.8, 4) is 0 Å². The summed E-state index contributed by atoms with van der Waals surface area (Å²) in [6.07, 6.45) is -4.17. The molecule has 0 rings (SSSR count). The fraction of sp³-hybridized carbons (Fsp3) is 0.700. The van der Waals surface area contributed by atoms with Crippen LogP contribution >= 0.6 is 0 Å². The normalized spacial score (nSPS) is 13.6. The molecule has 0 aliphatic rings. The molecule has 0 unspecified atom stereocenters. The molecule has 8 heteroatoms.